The molecule has 156 valence electrons. The van der Waals surface area contributed by atoms with Crippen LogP contribution in [0.3, 0.4) is 0 Å². The second kappa shape index (κ2) is 8.79. The van der Waals surface area contributed by atoms with Gasteiger partial charge in [0, 0.05) is 30.9 Å². The Kier molecular flexibility index (Phi) is 5.56. The predicted octanol–water partition coefficient (Wildman–Crippen LogP) is 3.59. The van der Waals surface area contributed by atoms with Gasteiger partial charge in [0.1, 0.15) is 0 Å². The molecule has 31 heavy (non-hydrogen) atoms. The lowest BCUT2D eigenvalue weighted by Gasteiger charge is -2.25. The van der Waals surface area contributed by atoms with Crippen molar-refractivity contribution in [2.75, 3.05) is 11.9 Å². The van der Waals surface area contributed by atoms with Crippen LogP contribution in [0.2, 0.25) is 0 Å². The molecule has 1 aliphatic heterocycles. The molecule has 8 heteroatoms. The zero-order valence-electron chi connectivity index (χ0n) is 16.9. The summed E-state index contributed by atoms with van der Waals surface area (Å²) in [5.74, 6) is -0.286. The van der Waals surface area contributed by atoms with Crippen LogP contribution in [0, 0.1) is 0 Å². The Morgan fingerprint density at radius 2 is 1.71 bits per heavy atom. The van der Waals surface area contributed by atoms with Gasteiger partial charge in [0.2, 0.25) is 0 Å². The van der Waals surface area contributed by atoms with Crippen LogP contribution in [0.5, 0.6) is 0 Å². The van der Waals surface area contributed by atoms with Crippen molar-refractivity contribution in [1.82, 2.24) is 24.9 Å². The number of thiazole rings is 1. The Hall–Kier alpha value is -3.36. The minimum atomic E-state index is -0.286. The van der Waals surface area contributed by atoms with E-state index in [0.717, 1.165) is 37.3 Å². The number of anilines is 1. The van der Waals surface area contributed by atoms with Crippen molar-refractivity contribution < 1.29 is 4.79 Å². The number of rotatable bonds is 6. The zero-order chi connectivity index (χ0) is 21.0. The van der Waals surface area contributed by atoms with Crippen molar-refractivity contribution in [3.63, 3.8) is 0 Å². The number of aromatic nitrogens is 4. The van der Waals surface area contributed by atoms with Crippen LogP contribution in [-0.2, 0) is 26.1 Å². The van der Waals surface area contributed by atoms with Crippen LogP contribution in [0.1, 0.15) is 32.2 Å². The van der Waals surface area contributed by atoms with Gasteiger partial charge in [-0.2, -0.15) is 0 Å². The molecular weight excluding hydrogens is 408 g/mol. The molecule has 0 atom stereocenters. The predicted molar refractivity (Wildman–Crippen MR) is 120 cm³/mol. The van der Waals surface area contributed by atoms with Crippen LogP contribution in [0.15, 0.2) is 66.9 Å². The van der Waals surface area contributed by atoms with E-state index in [9.17, 15) is 4.79 Å². The molecule has 0 saturated heterocycles. The highest BCUT2D eigenvalue weighted by molar-refractivity contribution is 7.15. The number of carbonyl (C=O) groups excluding carboxylic acids is 1. The molecule has 0 fully saturated rings. The Morgan fingerprint density at radius 1 is 1.00 bits per heavy atom. The van der Waals surface area contributed by atoms with E-state index in [4.69, 9.17) is 0 Å². The molecule has 0 saturated carbocycles. The second-order valence-corrected chi connectivity index (χ2v) is 8.66. The third kappa shape index (κ3) is 4.70. The molecule has 1 aliphatic rings. The lowest BCUT2D eigenvalue weighted by Crippen LogP contribution is -2.29. The average molecular weight is 431 g/mol. The first-order valence-electron chi connectivity index (χ1n) is 10.2. The number of amides is 1. The summed E-state index contributed by atoms with van der Waals surface area (Å²) in [6.07, 6.45) is 2.55. The van der Waals surface area contributed by atoms with Gasteiger partial charge < -0.3 is 0 Å². The molecule has 1 N–H and O–H groups in total. The Morgan fingerprint density at radius 3 is 2.45 bits per heavy atom. The SMILES string of the molecule is O=C(Nc1nc2c(s1)CN(Cc1ccccc1)CC2)c1cn(Cc2ccccc2)nn1. The van der Waals surface area contributed by atoms with Crippen molar-refractivity contribution in [2.24, 2.45) is 0 Å². The molecule has 3 heterocycles. The summed E-state index contributed by atoms with van der Waals surface area (Å²) >= 11 is 1.54. The number of nitrogens with one attached hydrogen (secondary N) is 1. The lowest BCUT2D eigenvalue weighted by atomic mass is 10.1. The zero-order valence-corrected chi connectivity index (χ0v) is 17.8. The van der Waals surface area contributed by atoms with Gasteiger partial charge >= 0.3 is 0 Å². The normalized spacial score (nSPS) is 13.7. The highest BCUT2D eigenvalue weighted by Crippen LogP contribution is 2.29. The maximum atomic E-state index is 12.6. The lowest BCUT2D eigenvalue weighted by molar-refractivity contribution is 0.102. The molecule has 7 nitrogen and oxygen atoms in total. The monoisotopic (exact) mass is 430 g/mol. The quantitative estimate of drug-likeness (QED) is 0.506. The van der Waals surface area contributed by atoms with E-state index < -0.39 is 0 Å². The molecule has 0 aliphatic carbocycles. The smallest absolute Gasteiger partial charge is 0.279 e. The summed E-state index contributed by atoms with van der Waals surface area (Å²) in [6, 6.07) is 20.4. The summed E-state index contributed by atoms with van der Waals surface area (Å²) in [6.45, 7) is 3.31. The van der Waals surface area contributed by atoms with Gasteiger partial charge in [0.05, 0.1) is 18.4 Å². The highest BCUT2D eigenvalue weighted by atomic mass is 32.1. The van der Waals surface area contributed by atoms with Gasteiger partial charge in [-0.1, -0.05) is 65.9 Å². The van der Waals surface area contributed by atoms with Crippen molar-refractivity contribution in [2.45, 2.75) is 26.1 Å². The summed E-state index contributed by atoms with van der Waals surface area (Å²) in [5, 5.41) is 11.6. The van der Waals surface area contributed by atoms with E-state index in [1.54, 1.807) is 22.2 Å². The fraction of sp³-hybridized carbons (Fsp3) is 0.217. The molecule has 2 aromatic carbocycles. The van der Waals surface area contributed by atoms with Crippen LogP contribution in [0.25, 0.3) is 0 Å². The van der Waals surface area contributed by atoms with Gasteiger partial charge in [-0.3, -0.25) is 15.0 Å². The summed E-state index contributed by atoms with van der Waals surface area (Å²) in [4.78, 5) is 20.9. The second-order valence-electron chi connectivity index (χ2n) is 7.58. The fourth-order valence-electron chi connectivity index (χ4n) is 3.69. The van der Waals surface area contributed by atoms with Gasteiger partial charge in [-0.25, -0.2) is 9.67 Å². The van der Waals surface area contributed by atoms with Crippen LogP contribution >= 0.6 is 11.3 Å². The van der Waals surface area contributed by atoms with E-state index >= 15 is 0 Å². The summed E-state index contributed by atoms with van der Waals surface area (Å²) in [7, 11) is 0. The molecule has 0 bridgehead atoms. The number of benzene rings is 2. The van der Waals surface area contributed by atoms with Crippen molar-refractivity contribution >= 4 is 22.4 Å². The van der Waals surface area contributed by atoms with Gasteiger partial charge in [-0.15, -0.1) is 16.4 Å². The number of hydrogen-bond donors (Lipinski definition) is 1. The molecule has 0 unspecified atom stereocenters. The maximum absolute atomic E-state index is 12.6. The summed E-state index contributed by atoms with van der Waals surface area (Å²) in [5.41, 5.74) is 3.78. The first kappa shape index (κ1) is 19.6. The van der Waals surface area contributed by atoms with Crippen molar-refractivity contribution in [3.8, 4) is 0 Å². The van der Waals surface area contributed by atoms with Crippen molar-refractivity contribution in [3.05, 3.63) is 94.3 Å². The number of nitrogens with zero attached hydrogens (tertiary/aromatic N) is 5. The van der Waals surface area contributed by atoms with Crippen LogP contribution in [0.4, 0.5) is 5.13 Å². The minimum Gasteiger partial charge on any atom is -0.296 e. The Labute approximate surface area is 184 Å². The van der Waals surface area contributed by atoms with E-state index in [1.807, 2.05) is 36.4 Å². The minimum absolute atomic E-state index is 0.286. The highest BCUT2D eigenvalue weighted by Gasteiger charge is 2.22. The topological polar surface area (TPSA) is 75.9 Å². The largest absolute Gasteiger partial charge is 0.296 e. The van der Waals surface area contributed by atoms with E-state index in [0.29, 0.717) is 11.7 Å². The number of carbonyl (C=O) groups is 1. The van der Waals surface area contributed by atoms with E-state index in [1.165, 1.54) is 10.4 Å². The molecule has 1 amide bonds. The number of hydrogen-bond acceptors (Lipinski definition) is 6. The van der Waals surface area contributed by atoms with Gasteiger partial charge in [-0.05, 0) is 11.1 Å². The van der Waals surface area contributed by atoms with E-state index in [2.05, 4.69) is 49.8 Å². The van der Waals surface area contributed by atoms with Gasteiger partial charge in [0.25, 0.3) is 5.91 Å². The third-order valence-corrected chi connectivity index (χ3v) is 6.24. The van der Waals surface area contributed by atoms with Crippen molar-refractivity contribution in [1.29, 1.82) is 0 Å². The molecule has 5 rings (SSSR count). The Bertz CT molecular complexity index is 1170. The molecule has 0 spiro atoms. The fourth-order valence-corrected chi connectivity index (χ4v) is 4.74. The average Bonchev–Trinajstić information content (AvgIpc) is 3.41. The number of fused-ring (bicyclic) bond motifs is 1. The maximum Gasteiger partial charge on any atom is 0.279 e. The molecule has 0 radical (unpaired) electrons. The third-order valence-electron chi connectivity index (χ3n) is 5.24. The first-order valence-corrected chi connectivity index (χ1v) is 11.0. The van der Waals surface area contributed by atoms with E-state index in [-0.39, 0.29) is 11.6 Å². The molecule has 2 aromatic heterocycles. The van der Waals surface area contributed by atoms with Gasteiger partial charge in [0.15, 0.2) is 10.8 Å². The molecular formula is C23H22N6OS. The standard InChI is InChI=1S/C23H22N6OS/c30-22(20-15-29(27-26-20)14-18-9-5-2-6-10-18)25-23-24-19-11-12-28(16-21(19)31-23)13-17-7-3-1-4-8-17/h1-10,15H,11-14,16H2,(H,24,25,30). The van der Waals surface area contributed by atoms with Crippen LogP contribution in [-0.4, -0.2) is 37.3 Å². The van der Waals surface area contributed by atoms with Crippen LogP contribution < -0.4 is 5.32 Å². The summed E-state index contributed by atoms with van der Waals surface area (Å²) < 4.78 is 1.67. The first-order chi connectivity index (χ1) is 15.2. The molecule has 4 aromatic rings. The Balaban J connectivity index is 1.21.